The van der Waals surface area contributed by atoms with Crippen molar-refractivity contribution in [2.24, 2.45) is 0 Å². The van der Waals surface area contributed by atoms with Crippen molar-refractivity contribution in [1.29, 1.82) is 0 Å². The van der Waals surface area contributed by atoms with Crippen molar-refractivity contribution in [3.8, 4) is 0 Å². The number of hydrogen-bond donors (Lipinski definition) is 3. The number of carbonyl (C=O) groups excluding carboxylic acids is 2. The number of alkyl carbamates (subject to hydrolysis) is 1. The lowest BCUT2D eigenvalue weighted by Gasteiger charge is -2.21. The molecule has 0 aliphatic heterocycles. The van der Waals surface area contributed by atoms with Gasteiger partial charge < -0.3 is 20.5 Å². The zero-order valence-corrected chi connectivity index (χ0v) is 15.6. The summed E-state index contributed by atoms with van der Waals surface area (Å²) in [4.78, 5) is 36.0. The van der Waals surface area contributed by atoms with Crippen LogP contribution in [0.1, 0.15) is 24.5 Å². The number of carboxylic acid groups (broad SMARTS) is 1. The zero-order chi connectivity index (χ0) is 20.4. The van der Waals surface area contributed by atoms with E-state index in [-0.39, 0.29) is 19.4 Å². The largest absolute Gasteiger partial charge is 0.480 e. The number of hydrogen-bond acceptors (Lipinski definition) is 4. The van der Waals surface area contributed by atoms with Crippen LogP contribution in [0.15, 0.2) is 60.7 Å². The molecule has 0 aliphatic rings. The van der Waals surface area contributed by atoms with Gasteiger partial charge in [0, 0.05) is 6.42 Å². The van der Waals surface area contributed by atoms with Gasteiger partial charge in [-0.1, -0.05) is 67.6 Å². The Morgan fingerprint density at radius 3 is 2.00 bits per heavy atom. The second-order valence-electron chi connectivity index (χ2n) is 6.26. The molecule has 0 saturated carbocycles. The molecule has 7 heteroatoms. The van der Waals surface area contributed by atoms with E-state index >= 15 is 0 Å². The van der Waals surface area contributed by atoms with E-state index in [1.807, 2.05) is 60.7 Å². The first kappa shape index (κ1) is 21.0. The van der Waals surface area contributed by atoms with Crippen LogP contribution >= 0.6 is 0 Å². The van der Waals surface area contributed by atoms with E-state index < -0.39 is 30.1 Å². The van der Waals surface area contributed by atoms with Crippen LogP contribution in [0.25, 0.3) is 0 Å². The number of rotatable bonds is 9. The quantitative estimate of drug-likeness (QED) is 0.616. The molecule has 0 spiro atoms. The van der Waals surface area contributed by atoms with Gasteiger partial charge in [0.2, 0.25) is 5.91 Å². The van der Waals surface area contributed by atoms with Gasteiger partial charge in [0.05, 0.1) is 0 Å². The fourth-order valence-electron chi connectivity index (χ4n) is 2.58. The summed E-state index contributed by atoms with van der Waals surface area (Å²) in [5.74, 6) is -1.70. The molecule has 2 aromatic rings. The number of carbonyl (C=O) groups is 3. The maximum Gasteiger partial charge on any atom is 0.408 e. The molecule has 2 atom stereocenters. The highest BCUT2D eigenvalue weighted by Crippen LogP contribution is 2.06. The van der Waals surface area contributed by atoms with Crippen molar-refractivity contribution in [1.82, 2.24) is 10.6 Å². The smallest absolute Gasteiger partial charge is 0.408 e. The van der Waals surface area contributed by atoms with E-state index in [0.717, 1.165) is 11.1 Å². The molecule has 3 N–H and O–H groups in total. The van der Waals surface area contributed by atoms with Crippen molar-refractivity contribution in [3.05, 3.63) is 71.8 Å². The molecule has 0 bridgehead atoms. The molecule has 0 aliphatic carbocycles. The Hall–Kier alpha value is -3.35. The third kappa shape index (κ3) is 6.75. The molecular formula is C21H24N2O5. The SMILES string of the molecule is CC[C@@H](NC(=O)[C@H](Cc1ccccc1)NC(=O)OCc1ccccc1)C(=O)O. The zero-order valence-electron chi connectivity index (χ0n) is 15.6. The van der Waals surface area contributed by atoms with Crippen molar-refractivity contribution >= 4 is 18.0 Å². The molecule has 0 heterocycles. The van der Waals surface area contributed by atoms with Crippen molar-refractivity contribution in [2.45, 2.75) is 38.5 Å². The van der Waals surface area contributed by atoms with Gasteiger partial charge in [0.15, 0.2) is 0 Å². The maximum absolute atomic E-state index is 12.6. The van der Waals surface area contributed by atoms with Gasteiger partial charge in [-0.05, 0) is 17.5 Å². The molecule has 0 saturated heterocycles. The minimum atomic E-state index is -1.12. The van der Waals surface area contributed by atoms with Crippen LogP contribution in [-0.2, 0) is 27.4 Å². The first-order valence-corrected chi connectivity index (χ1v) is 9.04. The number of ether oxygens (including phenoxy) is 1. The van der Waals surface area contributed by atoms with E-state index in [0.29, 0.717) is 0 Å². The molecule has 2 amide bonds. The highest BCUT2D eigenvalue weighted by atomic mass is 16.5. The van der Waals surface area contributed by atoms with Crippen LogP contribution in [-0.4, -0.2) is 35.2 Å². The summed E-state index contributed by atoms with van der Waals surface area (Å²) in [6.07, 6.45) is -0.302. The Bertz CT molecular complexity index is 780. The molecule has 2 aromatic carbocycles. The van der Waals surface area contributed by atoms with Crippen molar-refractivity contribution in [2.75, 3.05) is 0 Å². The van der Waals surface area contributed by atoms with E-state index in [1.165, 1.54) is 0 Å². The average Bonchev–Trinajstić information content (AvgIpc) is 2.71. The Labute approximate surface area is 163 Å². The summed E-state index contributed by atoms with van der Waals surface area (Å²) in [7, 11) is 0. The monoisotopic (exact) mass is 384 g/mol. The van der Waals surface area contributed by atoms with Crippen LogP contribution in [0.2, 0.25) is 0 Å². The summed E-state index contributed by atoms with van der Waals surface area (Å²) in [5.41, 5.74) is 1.65. The molecule has 28 heavy (non-hydrogen) atoms. The summed E-state index contributed by atoms with van der Waals surface area (Å²) in [6.45, 7) is 1.73. The summed E-state index contributed by atoms with van der Waals surface area (Å²) < 4.78 is 5.18. The number of aliphatic carboxylic acids is 1. The predicted octanol–water partition coefficient (Wildman–Crippen LogP) is 2.50. The van der Waals surface area contributed by atoms with Crippen LogP contribution in [0.3, 0.4) is 0 Å². The minimum Gasteiger partial charge on any atom is -0.480 e. The number of carboxylic acids is 1. The van der Waals surface area contributed by atoms with Crippen molar-refractivity contribution in [3.63, 3.8) is 0 Å². The van der Waals surface area contributed by atoms with Crippen LogP contribution < -0.4 is 10.6 Å². The lowest BCUT2D eigenvalue weighted by atomic mass is 10.0. The Morgan fingerprint density at radius 2 is 1.46 bits per heavy atom. The average molecular weight is 384 g/mol. The standard InChI is InChI=1S/C21H24N2O5/c1-2-17(20(25)26)22-19(24)18(13-15-9-5-3-6-10-15)23-21(27)28-14-16-11-7-4-8-12-16/h3-12,17-18H,2,13-14H2,1H3,(H,22,24)(H,23,27)(H,25,26)/t17-,18+/m1/s1. The first-order chi connectivity index (χ1) is 13.5. The van der Waals surface area contributed by atoms with Crippen LogP contribution in [0, 0.1) is 0 Å². The highest BCUT2D eigenvalue weighted by molar-refractivity contribution is 5.89. The molecule has 148 valence electrons. The molecule has 0 aromatic heterocycles. The number of amides is 2. The second-order valence-corrected chi connectivity index (χ2v) is 6.26. The Morgan fingerprint density at radius 1 is 0.893 bits per heavy atom. The molecule has 0 fully saturated rings. The maximum atomic E-state index is 12.6. The molecule has 2 rings (SSSR count). The van der Waals surface area contributed by atoms with E-state index in [4.69, 9.17) is 9.84 Å². The van der Waals surface area contributed by atoms with Gasteiger partial charge in [-0.3, -0.25) is 4.79 Å². The lowest BCUT2D eigenvalue weighted by molar-refractivity contribution is -0.142. The summed E-state index contributed by atoms with van der Waals surface area (Å²) in [6, 6.07) is 16.3. The second kappa shape index (κ2) is 10.7. The number of nitrogens with one attached hydrogen (secondary N) is 2. The number of benzene rings is 2. The normalized spacial score (nSPS) is 12.5. The molecule has 0 unspecified atom stereocenters. The predicted molar refractivity (Wildman–Crippen MR) is 104 cm³/mol. The molecule has 0 radical (unpaired) electrons. The van der Waals surface area contributed by atoms with Crippen LogP contribution in [0.4, 0.5) is 4.79 Å². The van der Waals surface area contributed by atoms with Gasteiger partial charge in [0.1, 0.15) is 18.7 Å². The fourth-order valence-corrected chi connectivity index (χ4v) is 2.58. The fraction of sp³-hybridized carbons (Fsp3) is 0.286. The third-order valence-corrected chi connectivity index (χ3v) is 4.13. The van der Waals surface area contributed by atoms with Gasteiger partial charge in [-0.15, -0.1) is 0 Å². The summed E-state index contributed by atoms with van der Waals surface area (Å²) in [5, 5.41) is 14.2. The van der Waals surface area contributed by atoms with Gasteiger partial charge in [-0.25, -0.2) is 9.59 Å². The van der Waals surface area contributed by atoms with Crippen LogP contribution in [0.5, 0.6) is 0 Å². The van der Waals surface area contributed by atoms with E-state index in [1.54, 1.807) is 6.92 Å². The first-order valence-electron chi connectivity index (χ1n) is 9.04. The van der Waals surface area contributed by atoms with Gasteiger partial charge in [-0.2, -0.15) is 0 Å². The topological polar surface area (TPSA) is 105 Å². The minimum absolute atomic E-state index is 0.0685. The third-order valence-electron chi connectivity index (χ3n) is 4.13. The Kier molecular flexibility index (Phi) is 8.02. The molecule has 7 nitrogen and oxygen atoms in total. The molecular weight excluding hydrogens is 360 g/mol. The van der Waals surface area contributed by atoms with E-state index in [9.17, 15) is 14.4 Å². The lowest BCUT2D eigenvalue weighted by Crippen LogP contribution is -2.52. The van der Waals surface area contributed by atoms with Crippen molar-refractivity contribution < 1.29 is 24.2 Å². The highest BCUT2D eigenvalue weighted by Gasteiger charge is 2.26. The Balaban J connectivity index is 2.03. The van der Waals surface area contributed by atoms with Gasteiger partial charge >= 0.3 is 12.1 Å². The summed E-state index contributed by atoms with van der Waals surface area (Å²) >= 11 is 0. The van der Waals surface area contributed by atoms with E-state index in [2.05, 4.69) is 10.6 Å². The van der Waals surface area contributed by atoms with Gasteiger partial charge in [0.25, 0.3) is 0 Å².